The summed E-state index contributed by atoms with van der Waals surface area (Å²) in [4.78, 5) is 14.7. The molecule has 0 aromatic heterocycles. The molecule has 0 saturated heterocycles. The lowest BCUT2D eigenvalue weighted by molar-refractivity contribution is -0.128. The van der Waals surface area contributed by atoms with Gasteiger partial charge in [0.1, 0.15) is 5.75 Å². The average Bonchev–Trinajstić information content (AvgIpc) is 2.44. The number of likely N-dealkylation sites (N-methyl/N-ethyl adjacent to an activating group) is 1. The number of carbonyl (C=O) groups is 1. The molecule has 0 aliphatic carbocycles. The number of thioether (sulfide) groups is 1. The molecule has 5 heteroatoms. The summed E-state index contributed by atoms with van der Waals surface area (Å²) in [5, 5.41) is 0. The van der Waals surface area contributed by atoms with E-state index in [-0.39, 0.29) is 11.9 Å². The summed E-state index contributed by atoms with van der Waals surface area (Å²) in [6.45, 7) is 5.04. The highest BCUT2D eigenvalue weighted by atomic mass is 32.2. The second-order valence-corrected chi connectivity index (χ2v) is 5.33. The highest BCUT2D eigenvalue weighted by Gasteiger charge is 2.14. The van der Waals surface area contributed by atoms with Crippen molar-refractivity contribution in [2.75, 3.05) is 26.0 Å². The van der Waals surface area contributed by atoms with E-state index in [0.717, 1.165) is 10.6 Å². The molecule has 1 unspecified atom stereocenters. The Morgan fingerprint density at radius 3 is 2.58 bits per heavy atom. The highest BCUT2D eigenvalue weighted by Crippen LogP contribution is 2.21. The molecule has 106 valence electrons. The molecule has 0 saturated carbocycles. The van der Waals surface area contributed by atoms with E-state index in [9.17, 15) is 4.79 Å². The lowest BCUT2D eigenvalue weighted by Gasteiger charge is -2.23. The van der Waals surface area contributed by atoms with Crippen molar-refractivity contribution in [1.82, 2.24) is 4.90 Å². The van der Waals surface area contributed by atoms with Crippen LogP contribution in [0.25, 0.3) is 0 Å². The smallest absolute Gasteiger partial charge is 0.232 e. The Morgan fingerprint density at radius 2 is 2.05 bits per heavy atom. The van der Waals surface area contributed by atoms with Gasteiger partial charge < -0.3 is 15.4 Å². The molecule has 1 rings (SSSR count). The third-order valence-corrected chi connectivity index (χ3v) is 3.89. The van der Waals surface area contributed by atoms with Crippen LogP contribution in [0, 0.1) is 0 Å². The highest BCUT2D eigenvalue weighted by molar-refractivity contribution is 8.00. The minimum absolute atomic E-state index is 0.0773. The lowest BCUT2D eigenvalue weighted by atomic mass is 10.3. The van der Waals surface area contributed by atoms with Crippen LogP contribution in [-0.2, 0) is 4.79 Å². The number of hydrogen-bond acceptors (Lipinski definition) is 4. The summed E-state index contributed by atoms with van der Waals surface area (Å²) in [6, 6.07) is 7.85. The SMILES string of the molecule is CCOc1ccc(SCC(=O)N(C)C(C)CN)cc1. The molecular weight excluding hydrogens is 260 g/mol. The van der Waals surface area contributed by atoms with Gasteiger partial charge >= 0.3 is 0 Å². The van der Waals surface area contributed by atoms with E-state index in [2.05, 4.69) is 0 Å². The number of nitrogens with zero attached hydrogens (tertiary/aromatic N) is 1. The van der Waals surface area contributed by atoms with E-state index < -0.39 is 0 Å². The monoisotopic (exact) mass is 282 g/mol. The minimum atomic E-state index is 0.0773. The zero-order valence-corrected chi connectivity index (χ0v) is 12.6. The van der Waals surface area contributed by atoms with Gasteiger partial charge in [0.2, 0.25) is 5.91 Å². The van der Waals surface area contributed by atoms with Gasteiger partial charge in [-0.1, -0.05) is 0 Å². The van der Waals surface area contributed by atoms with E-state index in [0.29, 0.717) is 18.9 Å². The van der Waals surface area contributed by atoms with Gasteiger partial charge in [0.15, 0.2) is 0 Å². The number of amides is 1. The maximum atomic E-state index is 11.9. The molecule has 19 heavy (non-hydrogen) atoms. The van der Waals surface area contributed by atoms with Gasteiger partial charge in [-0.15, -0.1) is 11.8 Å². The number of carbonyl (C=O) groups excluding carboxylic acids is 1. The van der Waals surface area contributed by atoms with Crippen molar-refractivity contribution in [3.8, 4) is 5.75 Å². The molecule has 0 heterocycles. The van der Waals surface area contributed by atoms with Gasteiger partial charge in [0, 0.05) is 24.5 Å². The van der Waals surface area contributed by atoms with Crippen molar-refractivity contribution in [2.24, 2.45) is 5.73 Å². The van der Waals surface area contributed by atoms with E-state index >= 15 is 0 Å². The third-order valence-electron chi connectivity index (χ3n) is 2.89. The zero-order chi connectivity index (χ0) is 14.3. The lowest BCUT2D eigenvalue weighted by Crippen LogP contribution is -2.40. The van der Waals surface area contributed by atoms with Gasteiger partial charge in [-0.3, -0.25) is 4.79 Å². The first-order chi connectivity index (χ1) is 9.08. The zero-order valence-electron chi connectivity index (χ0n) is 11.8. The van der Waals surface area contributed by atoms with Crippen molar-refractivity contribution < 1.29 is 9.53 Å². The van der Waals surface area contributed by atoms with Crippen molar-refractivity contribution in [2.45, 2.75) is 24.8 Å². The molecule has 1 aromatic rings. The van der Waals surface area contributed by atoms with Gasteiger partial charge in [0.25, 0.3) is 0 Å². The maximum absolute atomic E-state index is 11.9. The average molecular weight is 282 g/mol. The van der Waals surface area contributed by atoms with Crippen molar-refractivity contribution in [1.29, 1.82) is 0 Å². The molecular formula is C14H22N2O2S. The fraction of sp³-hybridized carbons (Fsp3) is 0.500. The maximum Gasteiger partial charge on any atom is 0.232 e. The molecule has 1 atom stereocenters. The summed E-state index contributed by atoms with van der Waals surface area (Å²) in [6.07, 6.45) is 0. The number of nitrogens with two attached hydrogens (primary N) is 1. The number of hydrogen-bond donors (Lipinski definition) is 1. The summed E-state index contributed by atoms with van der Waals surface area (Å²) < 4.78 is 5.37. The number of rotatable bonds is 7. The van der Waals surface area contributed by atoms with Gasteiger partial charge in [-0.2, -0.15) is 0 Å². The van der Waals surface area contributed by atoms with Crippen molar-refractivity contribution in [3.63, 3.8) is 0 Å². The van der Waals surface area contributed by atoms with E-state index in [1.165, 1.54) is 11.8 Å². The Labute approximate surface area is 119 Å². The Bertz CT molecular complexity index is 395. The number of ether oxygens (including phenoxy) is 1. The first-order valence-electron chi connectivity index (χ1n) is 6.39. The molecule has 0 spiro atoms. The van der Waals surface area contributed by atoms with E-state index in [1.807, 2.05) is 38.1 Å². The third kappa shape index (κ3) is 5.12. The molecule has 0 bridgehead atoms. The molecule has 0 radical (unpaired) electrons. The fourth-order valence-electron chi connectivity index (χ4n) is 1.45. The normalized spacial score (nSPS) is 12.0. The van der Waals surface area contributed by atoms with Crippen LogP contribution in [0.5, 0.6) is 5.75 Å². The Balaban J connectivity index is 2.45. The van der Waals surface area contributed by atoms with Gasteiger partial charge in [-0.25, -0.2) is 0 Å². The number of benzene rings is 1. The molecule has 1 amide bonds. The van der Waals surface area contributed by atoms with Crippen LogP contribution >= 0.6 is 11.8 Å². The topological polar surface area (TPSA) is 55.6 Å². The van der Waals surface area contributed by atoms with Crippen LogP contribution in [0.4, 0.5) is 0 Å². The van der Waals surface area contributed by atoms with Gasteiger partial charge in [-0.05, 0) is 38.1 Å². The summed E-state index contributed by atoms with van der Waals surface area (Å²) in [5.74, 6) is 1.37. The largest absolute Gasteiger partial charge is 0.494 e. The van der Waals surface area contributed by atoms with Crippen molar-refractivity contribution >= 4 is 17.7 Å². The van der Waals surface area contributed by atoms with E-state index in [4.69, 9.17) is 10.5 Å². The van der Waals surface area contributed by atoms with Crippen LogP contribution < -0.4 is 10.5 Å². The molecule has 2 N–H and O–H groups in total. The molecule has 0 aliphatic rings. The summed E-state index contributed by atoms with van der Waals surface area (Å²) in [5.41, 5.74) is 5.55. The van der Waals surface area contributed by atoms with Gasteiger partial charge in [0.05, 0.1) is 12.4 Å². The standard InChI is InChI=1S/C14H22N2O2S/c1-4-18-12-5-7-13(8-6-12)19-10-14(17)16(3)11(2)9-15/h5-8,11H,4,9-10,15H2,1-3H3. The Morgan fingerprint density at radius 1 is 1.42 bits per heavy atom. The quantitative estimate of drug-likeness (QED) is 0.777. The molecule has 0 aliphatic heterocycles. The van der Waals surface area contributed by atoms with Crippen molar-refractivity contribution in [3.05, 3.63) is 24.3 Å². The summed E-state index contributed by atoms with van der Waals surface area (Å²) in [7, 11) is 1.79. The van der Waals surface area contributed by atoms with E-state index in [1.54, 1.807) is 11.9 Å². The van der Waals surface area contributed by atoms with Crippen LogP contribution in [0.3, 0.4) is 0 Å². The van der Waals surface area contributed by atoms with Crippen LogP contribution in [0.1, 0.15) is 13.8 Å². The Hall–Kier alpha value is -1.20. The molecule has 4 nitrogen and oxygen atoms in total. The molecule has 1 aromatic carbocycles. The predicted octanol–water partition coefficient (Wildman–Crippen LogP) is 1.98. The van der Waals surface area contributed by atoms with Crippen LogP contribution in [0.2, 0.25) is 0 Å². The second kappa shape index (κ2) is 8.07. The fourth-order valence-corrected chi connectivity index (χ4v) is 2.27. The minimum Gasteiger partial charge on any atom is -0.494 e. The predicted molar refractivity (Wildman–Crippen MR) is 79.6 cm³/mol. The van der Waals surface area contributed by atoms with Crippen LogP contribution in [-0.4, -0.2) is 42.8 Å². The Kier molecular flexibility index (Phi) is 6.73. The second-order valence-electron chi connectivity index (χ2n) is 4.28. The first kappa shape index (κ1) is 15.9. The first-order valence-corrected chi connectivity index (χ1v) is 7.38. The summed E-state index contributed by atoms with van der Waals surface area (Å²) >= 11 is 1.52. The molecule has 0 fully saturated rings. The van der Waals surface area contributed by atoms with Crippen LogP contribution in [0.15, 0.2) is 29.2 Å².